The average molecular weight is 295 g/mol. The van der Waals surface area contributed by atoms with Gasteiger partial charge in [0.2, 0.25) is 0 Å². The molecule has 110 valence electrons. The number of ether oxygens (including phenoxy) is 1. The fraction of sp³-hybridized carbons (Fsp3) is 0.600. The quantitative estimate of drug-likeness (QED) is 0.850. The van der Waals surface area contributed by atoms with Gasteiger partial charge in [0.15, 0.2) is 6.10 Å². The van der Waals surface area contributed by atoms with E-state index in [1.807, 2.05) is 19.2 Å². The maximum atomic E-state index is 12.3. The van der Waals surface area contributed by atoms with Gasteiger partial charge in [-0.25, -0.2) is 4.79 Å². The second-order valence-corrected chi connectivity index (χ2v) is 6.48. The van der Waals surface area contributed by atoms with Crippen LogP contribution in [0.3, 0.4) is 0 Å². The van der Waals surface area contributed by atoms with E-state index in [9.17, 15) is 9.59 Å². The minimum absolute atomic E-state index is 0.0414. The summed E-state index contributed by atoms with van der Waals surface area (Å²) in [6.07, 6.45) is 3.65. The Morgan fingerprint density at radius 3 is 2.60 bits per heavy atom. The summed E-state index contributed by atoms with van der Waals surface area (Å²) in [5.41, 5.74) is 0. The molecule has 1 aromatic rings. The number of thiophene rings is 1. The Bertz CT molecular complexity index is 450. The van der Waals surface area contributed by atoms with E-state index in [2.05, 4.69) is 5.32 Å². The monoisotopic (exact) mass is 295 g/mol. The summed E-state index contributed by atoms with van der Waals surface area (Å²) < 4.78 is 5.39. The summed E-state index contributed by atoms with van der Waals surface area (Å²) in [6, 6.07) is 3.74. The van der Waals surface area contributed by atoms with Crippen molar-refractivity contribution >= 4 is 23.2 Å². The first kappa shape index (κ1) is 15.0. The summed E-state index contributed by atoms with van der Waals surface area (Å²) in [7, 11) is 0. The van der Waals surface area contributed by atoms with E-state index in [4.69, 9.17) is 4.74 Å². The highest BCUT2D eigenvalue weighted by Crippen LogP contribution is 2.19. The molecule has 0 saturated heterocycles. The number of nitrogens with one attached hydrogen (secondary N) is 1. The molecule has 0 bridgehead atoms. The Kier molecular flexibility index (Phi) is 5.17. The summed E-state index contributed by atoms with van der Waals surface area (Å²) in [4.78, 5) is 24.8. The topological polar surface area (TPSA) is 55.4 Å². The van der Waals surface area contributed by atoms with Gasteiger partial charge in [-0.2, -0.15) is 0 Å². The van der Waals surface area contributed by atoms with Crippen LogP contribution in [0, 0.1) is 5.92 Å². The van der Waals surface area contributed by atoms with Gasteiger partial charge >= 0.3 is 5.97 Å². The zero-order chi connectivity index (χ0) is 14.5. The van der Waals surface area contributed by atoms with Gasteiger partial charge in [0, 0.05) is 6.04 Å². The molecule has 0 unspecified atom stereocenters. The van der Waals surface area contributed by atoms with Crippen LogP contribution in [-0.2, 0) is 9.53 Å². The number of carbonyl (C=O) groups is 2. The Morgan fingerprint density at radius 1 is 1.35 bits per heavy atom. The van der Waals surface area contributed by atoms with Gasteiger partial charge in [0.05, 0.1) is 0 Å². The van der Waals surface area contributed by atoms with Gasteiger partial charge in [0.25, 0.3) is 5.91 Å². The molecule has 0 aliphatic heterocycles. The highest BCUT2D eigenvalue weighted by Gasteiger charge is 2.29. The van der Waals surface area contributed by atoms with Crippen LogP contribution in [0.1, 0.15) is 49.2 Å². The Hall–Kier alpha value is -1.36. The molecule has 1 heterocycles. The molecule has 20 heavy (non-hydrogen) atoms. The van der Waals surface area contributed by atoms with Crippen molar-refractivity contribution in [3.05, 3.63) is 22.4 Å². The third kappa shape index (κ3) is 3.82. The van der Waals surface area contributed by atoms with Crippen molar-refractivity contribution < 1.29 is 14.3 Å². The molecular weight excluding hydrogens is 274 g/mol. The first-order valence-corrected chi connectivity index (χ1v) is 8.00. The van der Waals surface area contributed by atoms with Crippen LogP contribution in [0.4, 0.5) is 0 Å². The van der Waals surface area contributed by atoms with Crippen molar-refractivity contribution in [1.29, 1.82) is 0 Å². The zero-order valence-electron chi connectivity index (χ0n) is 11.9. The number of carbonyl (C=O) groups excluding carboxylic acids is 2. The van der Waals surface area contributed by atoms with E-state index in [1.54, 1.807) is 12.1 Å². The minimum Gasteiger partial charge on any atom is -0.448 e. The Labute approximate surface area is 123 Å². The summed E-state index contributed by atoms with van der Waals surface area (Å²) in [5, 5.41) is 4.82. The van der Waals surface area contributed by atoms with Crippen LogP contribution < -0.4 is 5.32 Å². The molecule has 4 nitrogen and oxygen atoms in total. The SMILES string of the molecule is CC(C)[C@@H](OC(=O)c1cccs1)C(=O)NC1CCCC1. The maximum absolute atomic E-state index is 12.3. The molecular formula is C15H21NO3S. The third-order valence-corrected chi connectivity index (χ3v) is 4.37. The molecule has 0 aromatic carbocycles. The molecule has 5 heteroatoms. The third-order valence-electron chi connectivity index (χ3n) is 3.52. The van der Waals surface area contributed by atoms with Gasteiger partial charge in [-0.05, 0) is 30.2 Å². The smallest absolute Gasteiger partial charge is 0.349 e. The van der Waals surface area contributed by atoms with E-state index in [0.29, 0.717) is 4.88 Å². The average Bonchev–Trinajstić information content (AvgIpc) is 3.07. The maximum Gasteiger partial charge on any atom is 0.349 e. The summed E-state index contributed by atoms with van der Waals surface area (Å²) in [5.74, 6) is -0.627. The van der Waals surface area contributed by atoms with Crippen molar-refractivity contribution in [3.63, 3.8) is 0 Å². The lowest BCUT2D eigenvalue weighted by molar-refractivity contribution is -0.132. The molecule has 1 aliphatic rings. The highest BCUT2D eigenvalue weighted by atomic mass is 32.1. The summed E-state index contributed by atoms with van der Waals surface area (Å²) in [6.45, 7) is 3.78. The van der Waals surface area contributed by atoms with Gasteiger partial charge in [-0.1, -0.05) is 32.8 Å². The first-order chi connectivity index (χ1) is 9.58. The molecule has 0 radical (unpaired) electrons. The molecule has 1 aliphatic carbocycles. The molecule has 1 atom stereocenters. The molecule has 1 saturated carbocycles. The van der Waals surface area contributed by atoms with E-state index in [1.165, 1.54) is 11.3 Å². The molecule has 1 aromatic heterocycles. The predicted molar refractivity (Wildman–Crippen MR) is 78.8 cm³/mol. The van der Waals surface area contributed by atoms with Gasteiger partial charge in [-0.3, -0.25) is 4.79 Å². The van der Waals surface area contributed by atoms with Crippen molar-refractivity contribution in [3.8, 4) is 0 Å². The number of esters is 1. The first-order valence-electron chi connectivity index (χ1n) is 7.13. The van der Waals surface area contributed by atoms with E-state index in [-0.39, 0.29) is 17.9 Å². The molecule has 2 rings (SSSR count). The van der Waals surface area contributed by atoms with Crippen LogP contribution in [-0.4, -0.2) is 24.0 Å². The number of hydrogen-bond acceptors (Lipinski definition) is 4. The lowest BCUT2D eigenvalue weighted by Crippen LogP contribution is -2.44. The van der Waals surface area contributed by atoms with Gasteiger partial charge in [0.1, 0.15) is 4.88 Å². The van der Waals surface area contributed by atoms with Crippen LogP contribution in [0.25, 0.3) is 0 Å². The normalized spacial score (nSPS) is 17.1. The van der Waals surface area contributed by atoms with Gasteiger partial charge < -0.3 is 10.1 Å². The lowest BCUT2D eigenvalue weighted by Gasteiger charge is -2.22. The van der Waals surface area contributed by atoms with E-state index < -0.39 is 12.1 Å². The second-order valence-electron chi connectivity index (χ2n) is 5.54. The number of hydrogen-bond donors (Lipinski definition) is 1. The Balaban J connectivity index is 1.95. The van der Waals surface area contributed by atoms with Crippen LogP contribution in [0.2, 0.25) is 0 Å². The van der Waals surface area contributed by atoms with Gasteiger partial charge in [-0.15, -0.1) is 11.3 Å². The standard InChI is InChI=1S/C15H21NO3S/c1-10(2)13(14(17)16-11-6-3-4-7-11)19-15(18)12-8-5-9-20-12/h5,8-11,13H,3-4,6-7H2,1-2H3,(H,16,17)/t13-/m1/s1. The fourth-order valence-corrected chi connectivity index (χ4v) is 3.02. The molecule has 1 amide bonds. The fourth-order valence-electron chi connectivity index (χ4n) is 2.41. The second kappa shape index (κ2) is 6.88. The van der Waals surface area contributed by atoms with Crippen LogP contribution in [0.15, 0.2) is 17.5 Å². The van der Waals surface area contributed by atoms with Crippen molar-refractivity contribution in [1.82, 2.24) is 5.32 Å². The number of rotatable bonds is 5. The molecule has 0 spiro atoms. The van der Waals surface area contributed by atoms with Crippen molar-refractivity contribution in [2.75, 3.05) is 0 Å². The van der Waals surface area contributed by atoms with Crippen molar-refractivity contribution in [2.45, 2.75) is 51.7 Å². The zero-order valence-corrected chi connectivity index (χ0v) is 12.7. The van der Waals surface area contributed by atoms with Crippen LogP contribution >= 0.6 is 11.3 Å². The highest BCUT2D eigenvalue weighted by molar-refractivity contribution is 7.11. The van der Waals surface area contributed by atoms with E-state index in [0.717, 1.165) is 25.7 Å². The predicted octanol–water partition coefficient (Wildman–Crippen LogP) is 2.99. The minimum atomic E-state index is -0.717. The van der Waals surface area contributed by atoms with Crippen molar-refractivity contribution in [2.24, 2.45) is 5.92 Å². The molecule has 1 fully saturated rings. The summed E-state index contributed by atoms with van der Waals surface area (Å²) >= 11 is 1.32. The van der Waals surface area contributed by atoms with Crippen LogP contribution in [0.5, 0.6) is 0 Å². The van der Waals surface area contributed by atoms with E-state index >= 15 is 0 Å². The lowest BCUT2D eigenvalue weighted by atomic mass is 10.1. The largest absolute Gasteiger partial charge is 0.448 e. The Morgan fingerprint density at radius 2 is 2.05 bits per heavy atom. The molecule has 1 N–H and O–H groups in total. The number of amides is 1.